The maximum Gasteiger partial charge on any atom is 0.135 e. The molecule has 0 aliphatic heterocycles. The van der Waals surface area contributed by atoms with Gasteiger partial charge >= 0.3 is 0 Å². The van der Waals surface area contributed by atoms with Crippen molar-refractivity contribution >= 4 is 5.78 Å². The Hall–Kier alpha value is -1.11. The lowest BCUT2D eigenvalue weighted by molar-refractivity contribution is -0.124. The molecule has 0 amide bonds. The van der Waals surface area contributed by atoms with E-state index in [9.17, 15) is 4.79 Å². The van der Waals surface area contributed by atoms with E-state index in [0.717, 1.165) is 12.8 Å². The number of hydrogen-bond acceptors (Lipinski definition) is 1. The smallest absolute Gasteiger partial charge is 0.135 e. The zero-order valence-corrected chi connectivity index (χ0v) is 13.0. The predicted molar refractivity (Wildman–Crippen MR) is 84.8 cm³/mol. The lowest BCUT2D eigenvalue weighted by Gasteiger charge is -2.34. The molecule has 0 spiro atoms. The van der Waals surface area contributed by atoms with Gasteiger partial charge in [-0.25, -0.2) is 0 Å². The summed E-state index contributed by atoms with van der Waals surface area (Å²) >= 11 is 0. The van der Waals surface area contributed by atoms with Crippen LogP contribution in [0.2, 0.25) is 0 Å². The Morgan fingerprint density at radius 2 is 1.95 bits per heavy atom. The van der Waals surface area contributed by atoms with Gasteiger partial charge in [-0.3, -0.25) is 4.79 Å². The van der Waals surface area contributed by atoms with E-state index >= 15 is 0 Å². The highest BCUT2D eigenvalue weighted by Gasteiger charge is 2.31. The lowest BCUT2D eigenvalue weighted by atomic mass is 9.70. The molecule has 1 aliphatic rings. The van der Waals surface area contributed by atoms with Crippen molar-refractivity contribution in [3.63, 3.8) is 0 Å². The molecule has 0 aromatic heterocycles. The molecule has 0 radical (unpaired) electrons. The first-order chi connectivity index (χ1) is 9.76. The van der Waals surface area contributed by atoms with Crippen LogP contribution in [0.4, 0.5) is 0 Å². The van der Waals surface area contributed by atoms with Gasteiger partial charge in [0.25, 0.3) is 0 Å². The van der Waals surface area contributed by atoms with Crippen molar-refractivity contribution in [1.82, 2.24) is 0 Å². The molecule has 1 saturated carbocycles. The van der Waals surface area contributed by atoms with E-state index in [1.165, 1.54) is 31.2 Å². The summed E-state index contributed by atoms with van der Waals surface area (Å²) in [7, 11) is 0. The van der Waals surface area contributed by atoms with Gasteiger partial charge in [-0.1, -0.05) is 57.0 Å². The van der Waals surface area contributed by atoms with Gasteiger partial charge in [0.1, 0.15) is 5.78 Å². The highest BCUT2D eigenvalue weighted by atomic mass is 16.1. The topological polar surface area (TPSA) is 17.1 Å². The van der Waals surface area contributed by atoms with Gasteiger partial charge in [0.15, 0.2) is 0 Å². The van der Waals surface area contributed by atoms with E-state index < -0.39 is 0 Å². The third kappa shape index (κ3) is 3.71. The van der Waals surface area contributed by atoms with E-state index in [-0.39, 0.29) is 0 Å². The standard InChI is InChI=1S/C19H28O/c1-3-9-18(15-10-6-5-7-11-15)16-12-8-13-17(14-16)19(20)4-2/h5-7,10-11,16-18H,3-4,8-9,12-14H2,1-2H3. The van der Waals surface area contributed by atoms with Crippen molar-refractivity contribution in [3.8, 4) is 0 Å². The number of rotatable bonds is 6. The summed E-state index contributed by atoms with van der Waals surface area (Å²) in [5.74, 6) is 2.17. The Kier molecular flexibility index (Phi) is 5.82. The van der Waals surface area contributed by atoms with Gasteiger partial charge in [0.05, 0.1) is 0 Å². The Bertz CT molecular complexity index is 409. The minimum absolute atomic E-state index is 0.335. The summed E-state index contributed by atoms with van der Waals surface area (Å²) in [5.41, 5.74) is 1.48. The number of ketones is 1. The van der Waals surface area contributed by atoms with E-state index in [0.29, 0.717) is 30.0 Å². The molecule has 1 nitrogen and oxygen atoms in total. The average Bonchev–Trinajstić information content (AvgIpc) is 2.52. The van der Waals surface area contributed by atoms with Gasteiger partial charge in [0.2, 0.25) is 0 Å². The molecule has 3 atom stereocenters. The number of carbonyl (C=O) groups is 1. The molecule has 0 bridgehead atoms. The molecule has 20 heavy (non-hydrogen) atoms. The minimum atomic E-state index is 0.335. The Morgan fingerprint density at radius 1 is 1.20 bits per heavy atom. The van der Waals surface area contributed by atoms with Crippen molar-refractivity contribution in [2.45, 2.75) is 64.7 Å². The maximum absolute atomic E-state index is 12.0. The first kappa shape index (κ1) is 15.3. The molecule has 1 heteroatoms. The summed E-state index contributed by atoms with van der Waals surface area (Å²) in [6.07, 6.45) is 7.95. The molecular formula is C19H28O. The van der Waals surface area contributed by atoms with Crippen molar-refractivity contribution in [2.24, 2.45) is 11.8 Å². The monoisotopic (exact) mass is 272 g/mol. The number of benzene rings is 1. The zero-order chi connectivity index (χ0) is 14.4. The van der Waals surface area contributed by atoms with Crippen molar-refractivity contribution < 1.29 is 4.79 Å². The van der Waals surface area contributed by atoms with Crippen LogP contribution in [0, 0.1) is 11.8 Å². The number of carbonyl (C=O) groups excluding carboxylic acids is 1. The summed E-state index contributed by atoms with van der Waals surface area (Å²) < 4.78 is 0. The van der Waals surface area contributed by atoms with Crippen molar-refractivity contribution in [3.05, 3.63) is 35.9 Å². The van der Waals surface area contributed by atoms with Crippen molar-refractivity contribution in [1.29, 1.82) is 0 Å². The van der Waals surface area contributed by atoms with Crippen molar-refractivity contribution in [2.75, 3.05) is 0 Å². The fourth-order valence-corrected chi connectivity index (χ4v) is 3.86. The average molecular weight is 272 g/mol. The molecule has 110 valence electrons. The molecule has 3 unspecified atom stereocenters. The summed E-state index contributed by atoms with van der Waals surface area (Å²) in [6.45, 7) is 4.28. The summed E-state index contributed by atoms with van der Waals surface area (Å²) in [4.78, 5) is 12.0. The Labute approximate surface area is 123 Å². The summed E-state index contributed by atoms with van der Waals surface area (Å²) in [6, 6.07) is 10.9. The highest BCUT2D eigenvalue weighted by molar-refractivity contribution is 5.80. The second-order valence-electron chi connectivity index (χ2n) is 6.25. The Balaban J connectivity index is 2.11. The van der Waals surface area contributed by atoms with Crippen LogP contribution in [-0.4, -0.2) is 5.78 Å². The molecule has 1 fully saturated rings. The van der Waals surface area contributed by atoms with Crippen LogP contribution >= 0.6 is 0 Å². The van der Waals surface area contributed by atoms with Crippen LogP contribution in [0.5, 0.6) is 0 Å². The molecule has 1 aromatic rings. The predicted octanol–water partition coefficient (Wildman–Crippen LogP) is 5.36. The highest BCUT2D eigenvalue weighted by Crippen LogP contribution is 2.41. The van der Waals surface area contributed by atoms with Crippen LogP contribution < -0.4 is 0 Å². The van der Waals surface area contributed by atoms with Crippen LogP contribution in [0.15, 0.2) is 30.3 Å². The van der Waals surface area contributed by atoms with Crippen LogP contribution in [0.25, 0.3) is 0 Å². The number of Topliss-reactive ketones (excluding diaryl/α,β-unsaturated/α-hetero) is 1. The van der Waals surface area contributed by atoms with Crippen LogP contribution in [0.1, 0.15) is 70.3 Å². The normalized spacial score (nSPS) is 24.3. The molecule has 1 aromatic carbocycles. The van der Waals surface area contributed by atoms with Gasteiger partial charge in [-0.2, -0.15) is 0 Å². The van der Waals surface area contributed by atoms with Gasteiger partial charge < -0.3 is 0 Å². The fraction of sp³-hybridized carbons (Fsp3) is 0.632. The van der Waals surface area contributed by atoms with Gasteiger partial charge in [0, 0.05) is 12.3 Å². The van der Waals surface area contributed by atoms with E-state index in [1.807, 2.05) is 6.92 Å². The van der Waals surface area contributed by atoms with E-state index in [1.54, 1.807) is 0 Å². The molecule has 1 aliphatic carbocycles. The second kappa shape index (κ2) is 7.61. The largest absolute Gasteiger partial charge is 0.299 e. The minimum Gasteiger partial charge on any atom is -0.299 e. The molecule has 0 N–H and O–H groups in total. The molecular weight excluding hydrogens is 244 g/mol. The summed E-state index contributed by atoms with van der Waals surface area (Å²) in [5, 5.41) is 0. The van der Waals surface area contributed by atoms with E-state index in [2.05, 4.69) is 37.3 Å². The first-order valence-corrected chi connectivity index (χ1v) is 8.33. The third-order valence-corrected chi connectivity index (χ3v) is 4.92. The lowest BCUT2D eigenvalue weighted by Crippen LogP contribution is -2.26. The van der Waals surface area contributed by atoms with Crippen LogP contribution in [-0.2, 0) is 4.79 Å². The first-order valence-electron chi connectivity index (χ1n) is 8.33. The molecule has 2 rings (SSSR count). The van der Waals surface area contributed by atoms with Gasteiger partial charge in [-0.05, 0) is 43.1 Å². The quantitative estimate of drug-likeness (QED) is 0.681. The van der Waals surface area contributed by atoms with Gasteiger partial charge in [-0.15, -0.1) is 0 Å². The second-order valence-corrected chi connectivity index (χ2v) is 6.25. The van der Waals surface area contributed by atoms with E-state index in [4.69, 9.17) is 0 Å². The zero-order valence-electron chi connectivity index (χ0n) is 13.0. The van der Waals surface area contributed by atoms with Crippen LogP contribution in [0.3, 0.4) is 0 Å². The number of hydrogen-bond donors (Lipinski definition) is 0. The Morgan fingerprint density at radius 3 is 2.60 bits per heavy atom. The SMILES string of the molecule is CCCC(c1ccccc1)C1CCCC(C(=O)CC)C1. The maximum atomic E-state index is 12.0. The molecule has 0 saturated heterocycles. The fourth-order valence-electron chi connectivity index (χ4n) is 3.86. The third-order valence-electron chi connectivity index (χ3n) is 4.92. The molecule has 0 heterocycles.